The molecule has 0 aromatic heterocycles. The van der Waals surface area contributed by atoms with Gasteiger partial charge in [0.1, 0.15) is 0 Å². The zero-order valence-corrected chi connectivity index (χ0v) is 16.9. The molecule has 9 heteroatoms. The number of nitrogens with zero attached hydrogens (tertiary/aromatic N) is 1. The zero-order valence-electron chi connectivity index (χ0n) is 16.1. The molecule has 0 saturated heterocycles. The summed E-state index contributed by atoms with van der Waals surface area (Å²) >= 11 is 0. The fraction of sp³-hybridized carbons (Fsp3) is 0.250. The molecule has 1 atom stereocenters. The van der Waals surface area contributed by atoms with Crippen LogP contribution >= 0.6 is 0 Å². The largest absolute Gasteiger partial charge is 0.454 e. The normalized spacial score (nSPS) is 15.7. The van der Waals surface area contributed by atoms with Gasteiger partial charge >= 0.3 is 5.97 Å². The van der Waals surface area contributed by atoms with E-state index in [0.29, 0.717) is 16.8 Å². The molecule has 2 aromatic rings. The average Bonchev–Trinajstić information content (AvgIpc) is 2.99. The fourth-order valence-corrected chi connectivity index (χ4v) is 3.83. The SMILES string of the molecule is C[C@@H]1C(=O)Nc2ccc(C(=O)COC(=O)c3cccc(S(=O)(=O)N(C)C)c3)cc21. The molecule has 1 heterocycles. The Morgan fingerprint density at radius 1 is 1.10 bits per heavy atom. The maximum absolute atomic E-state index is 12.4. The minimum absolute atomic E-state index is 0.0260. The van der Waals surface area contributed by atoms with E-state index >= 15 is 0 Å². The number of sulfonamides is 1. The number of fused-ring (bicyclic) bond motifs is 1. The van der Waals surface area contributed by atoms with Crippen LogP contribution < -0.4 is 5.32 Å². The molecule has 29 heavy (non-hydrogen) atoms. The highest BCUT2D eigenvalue weighted by Crippen LogP contribution is 2.32. The molecule has 0 saturated carbocycles. The maximum atomic E-state index is 12.4. The predicted octanol–water partition coefficient (Wildman–Crippen LogP) is 2.03. The number of anilines is 1. The van der Waals surface area contributed by atoms with Crippen LogP contribution in [0.1, 0.15) is 39.1 Å². The van der Waals surface area contributed by atoms with Crippen LogP contribution in [0, 0.1) is 0 Å². The molecular formula is C20H20N2O6S. The Hall–Kier alpha value is -3.04. The first-order valence-electron chi connectivity index (χ1n) is 8.79. The van der Waals surface area contributed by atoms with Gasteiger partial charge in [-0.05, 0) is 48.9 Å². The summed E-state index contributed by atoms with van der Waals surface area (Å²) in [5.41, 5.74) is 1.73. The lowest BCUT2D eigenvalue weighted by Crippen LogP contribution is -2.22. The highest BCUT2D eigenvalue weighted by Gasteiger charge is 2.27. The van der Waals surface area contributed by atoms with E-state index < -0.39 is 28.4 Å². The van der Waals surface area contributed by atoms with E-state index in [9.17, 15) is 22.8 Å². The van der Waals surface area contributed by atoms with Crippen molar-refractivity contribution in [1.82, 2.24) is 4.31 Å². The summed E-state index contributed by atoms with van der Waals surface area (Å²) in [6.45, 7) is 1.24. The predicted molar refractivity (Wildman–Crippen MR) is 105 cm³/mol. The minimum Gasteiger partial charge on any atom is -0.454 e. The van der Waals surface area contributed by atoms with Crippen molar-refractivity contribution in [2.75, 3.05) is 26.0 Å². The second kappa shape index (κ2) is 7.76. The van der Waals surface area contributed by atoms with E-state index in [4.69, 9.17) is 4.74 Å². The molecule has 8 nitrogen and oxygen atoms in total. The highest BCUT2D eigenvalue weighted by molar-refractivity contribution is 7.89. The molecule has 1 amide bonds. The number of rotatable bonds is 6. The molecule has 0 bridgehead atoms. The highest BCUT2D eigenvalue weighted by atomic mass is 32.2. The van der Waals surface area contributed by atoms with Crippen LogP contribution in [-0.2, 0) is 19.6 Å². The Morgan fingerprint density at radius 2 is 1.83 bits per heavy atom. The molecular weight excluding hydrogens is 396 g/mol. The maximum Gasteiger partial charge on any atom is 0.338 e. The molecule has 3 rings (SSSR count). The third kappa shape index (κ3) is 4.06. The van der Waals surface area contributed by atoms with Crippen molar-refractivity contribution in [2.45, 2.75) is 17.7 Å². The second-order valence-corrected chi connectivity index (χ2v) is 8.98. The standard InChI is InChI=1S/C20H20N2O6S/c1-12-16-10-13(7-8-17(16)21-19(12)24)18(23)11-28-20(25)14-5-4-6-15(9-14)29(26,27)22(2)3/h4-10,12H,11H2,1-3H3,(H,21,24)/t12-/m0/s1. The molecule has 1 aliphatic heterocycles. The summed E-state index contributed by atoms with van der Waals surface area (Å²) in [6.07, 6.45) is 0. The van der Waals surface area contributed by atoms with Crippen molar-refractivity contribution in [3.8, 4) is 0 Å². The van der Waals surface area contributed by atoms with E-state index in [0.717, 1.165) is 4.31 Å². The number of benzene rings is 2. The van der Waals surface area contributed by atoms with Gasteiger partial charge in [0.25, 0.3) is 0 Å². The number of Topliss-reactive ketones (excluding diaryl/α,β-unsaturated/α-hetero) is 1. The summed E-state index contributed by atoms with van der Waals surface area (Å²) < 4.78 is 30.5. The third-order valence-electron chi connectivity index (χ3n) is 4.67. The molecule has 1 aliphatic rings. The minimum atomic E-state index is -3.70. The van der Waals surface area contributed by atoms with Crippen LogP contribution in [0.25, 0.3) is 0 Å². The van der Waals surface area contributed by atoms with Gasteiger partial charge in [0.2, 0.25) is 15.9 Å². The van der Waals surface area contributed by atoms with Crippen molar-refractivity contribution in [1.29, 1.82) is 0 Å². The van der Waals surface area contributed by atoms with Gasteiger partial charge in [-0.3, -0.25) is 9.59 Å². The van der Waals surface area contributed by atoms with Gasteiger partial charge in [0, 0.05) is 25.3 Å². The van der Waals surface area contributed by atoms with Crippen molar-refractivity contribution in [3.63, 3.8) is 0 Å². The number of esters is 1. The first kappa shape index (κ1) is 20.7. The molecule has 0 radical (unpaired) electrons. The first-order valence-corrected chi connectivity index (χ1v) is 10.2. The lowest BCUT2D eigenvalue weighted by atomic mass is 9.99. The van der Waals surface area contributed by atoms with Gasteiger partial charge in [0.05, 0.1) is 16.4 Å². The van der Waals surface area contributed by atoms with E-state index in [1.807, 2.05) is 0 Å². The van der Waals surface area contributed by atoms with Gasteiger partial charge < -0.3 is 10.1 Å². The molecule has 0 spiro atoms. The number of amides is 1. The first-order chi connectivity index (χ1) is 13.6. The lowest BCUT2D eigenvalue weighted by molar-refractivity contribution is -0.116. The van der Waals surface area contributed by atoms with Crippen molar-refractivity contribution in [2.24, 2.45) is 0 Å². The van der Waals surface area contributed by atoms with Gasteiger partial charge in [-0.25, -0.2) is 17.5 Å². The molecule has 0 fully saturated rings. The van der Waals surface area contributed by atoms with E-state index in [1.165, 1.54) is 38.4 Å². The summed E-state index contributed by atoms with van der Waals surface area (Å²) in [5.74, 6) is -1.73. The lowest BCUT2D eigenvalue weighted by Gasteiger charge is -2.12. The molecule has 0 aliphatic carbocycles. The van der Waals surface area contributed by atoms with Gasteiger partial charge in [-0.15, -0.1) is 0 Å². The molecule has 152 valence electrons. The fourth-order valence-electron chi connectivity index (χ4n) is 2.88. The van der Waals surface area contributed by atoms with Crippen LogP contribution in [0.3, 0.4) is 0 Å². The van der Waals surface area contributed by atoms with Crippen LogP contribution in [0.2, 0.25) is 0 Å². The van der Waals surface area contributed by atoms with Crippen molar-refractivity contribution < 1.29 is 27.5 Å². The van der Waals surface area contributed by atoms with Gasteiger partial charge in [-0.2, -0.15) is 0 Å². The van der Waals surface area contributed by atoms with Crippen LogP contribution in [0.4, 0.5) is 5.69 Å². The topological polar surface area (TPSA) is 110 Å². The van der Waals surface area contributed by atoms with Crippen LogP contribution in [-0.4, -0.2) is 51.1 Å². The Labute approximate surface area is 168 Å². The van der Waals surface area contributed by atoms with Gasteiger partial charge in [0.15, 0.2) is 12.4 Å². The Balaban J connectivity index is 1.70. The monoisotopic (exact) mass is 416 g/mol. The summed E-state index contributed by atoms with van der Waals surface area (Å²) in [6, 6.07) is 10.2. The summed E-state index contributed by atoms with van der Waals surface area (Å²) in [7, 11) is -0.921. The number of nitrogens with one attached hydrogen (secondary N) is 1. The molecule has 2 aromatic carbocycles. The number of ketones is 1. The van der Waals surface area contributed by atoms with Crippen molar-refractivity contribution in [3.05, 3.63) is 59.2 Å². The van der Waals surface area contributed by atoms with E-state index in [1.54, 1.807) is 25.1 Å². The molecule has 0 unspecified atom stereocenters. The Kier molecular flexibility index (Phi) is 5.54. The Bertz CT molecular complexity index is 1110. The average molecular weight is 416 g/mol. The van der Waals surface area contributed by atoms with Gasteiger partial charge in [-0.1, -0.05) is 6.07 Å². The summed E-state index contributed by atoms with van der Waals surface area (Å²) in [4.78, 5) is 36.3. The second-order valence-electron chi connectivity index (χ2n) is 6.83. The number of hydrogen-bond donors (Lipinski definition) is 1. The summed E-state index contributed by atoms with van der Waals surface area (Å²) in [5, 5.41) is 2.72. The number of ether oxygens (including phenoxy) is 1. The third-order valence-corrected chi connectivity index (χ3v) is 6.48. The van der Waals surface area contributed by atoms with E-state index in [-0.39, 0.29) is 22.3 Å². The molecule has 1 N–H and O–H groups in total. The van der Waals surface area contributed by atoms with Crippen molar-refractivity contribution >= 4 is 33.4 Å². The van der Waals surface area contributed by atoms with Crippen LogP contribution in [0.5, 0.6) is 0 Å². The van der Waals surface area contributed by atoms with Crippen LogP contribution in [0.15, 0.2) is 47.4 Å². The smallest absolute Gasteiger partial charge is 0.338 e. The zero-order chi connectivity index (χ0) is 21.3. The number of hydrogen-bond acceptors (Lipinski definition) is 6. The quantitative estimate of drug-likeness (QED) is 0.570. The number of carbonyl (C=O) groups excluding carboxylic acids is 3. The Morgan fingerprint density at radius 3 is 2.52 bits per heavy atom. The van der Waals surface area contributed by atoms with E-state index in [2.05, 4.69) is 5.32 Å². The number of carbonyl (C=O) groups is 3.